The zero-order valence-corrected chi connectivity index (χ0v) is 9.38. The summed E-state index contributed by atoms with van der Waals surface area (Å²) in [5.74, 6) is -1.24. The lowest BCUT2D eigenvalue weighted by Gasteiger charge is -2.18. The molecule has 4 heteroatoms. The Morgan fingerprint density at radius 2 is 2.13 bits per heavy atom. The van der Waals surface area contributed by atoms with E-state index in [0.717, 1.165) is 5.56 Å². The first kappa shape index (κ1) is 12.0. The first-order chi connectivity index (χ1) is 6.83. The Balaban J connectivity index is 2.91. The Morgan fingerprint density at radius 1 is 1.53 bits per heavy atom. The number of aliphatic carboxylic acids is 1. The van der Waals surface area contributed by atoms with Crippen LogP contribution in [-0.4, -0.2) is 21.8 Å². The van der Waals surface area contributed by atoms with E-state index in [4.69, 9.17) is 16.7 Å². The van der Waals surface area contributed by atoms with Gasteiger partial charge in [-0.2, -0.15) is 0 Å². The highest BCUT2D eigenvalue weighted by molar-refractivity contribution is 6.31. The van der Waals surface area contributed by atoms with Crippen LogP contribution in [0, 0.1) is 6.92 Å². The van der Waals surface area contributed by atoms with Crippen molar-refractivity contribution in [2.75, 3.05) is 0 Å². The standard InChI is InChI=1S/C11H13ClO3/c1-7-3-4-8(5-9(7)12)6-11(2,15)10(13)14/h3-5,15H,6H2,1-2H3,(H,13,14)/t11-/m1/s1. The predicted octanol–water partition coefficient (Wildman–Crippen LogP) is 2.03. The molecular weight excluding hydrogens is 216 g/mol. The largest absolute Gasteiger partial charge is 0.479 e. The summed E-state index contributed by atoms with van der Waals surface area (Å²) in [6.45, 7) is 3.13. The smallest absolute Gasteiger partial charge is 0.335 e. The van der Waals surface area contributed by atoms with Crippen molar-refractivity contribution in [2.24, 2.45) is 0 Å². The van der Waals surface area contributed by atoms with E-state index >= 15 is 0 Å². The van der Waals surface area contributed by atoms with Crippen molar-refractivity contribution < 1.29 is 15.0 Å². The van der Waals surface area contributed by atoms with Crippen LogP contribution in [0.2, 0.25) is 5.02 Å². The molecule has 0 radical (unpaired) electrons. The lowest BCUT2D eigenvalue weighted by Crippen LogP contribution is -2.37. The zero-order chi connectivity index (χ0) is 11.6. The van der Waals surface area contributed by atoms with Crippen molar-refractivity contribution in [3.05, 3.63) is 34.3 Å². The van der Waals surface area contributed by atoms with Gasteiger partial charge in [0, 0.05) is 11.4 Å². The highest BCUT2D eigenvalue weighted by atomic mass is 35.5. The van der Waals surface area contributed by atoms with E-state index in [0.29, 0.717) is 10.6 Å². The van der Waals surface area contributed by atoms with Crippen LogP contribution in [0.5, 0.6) is 0 Å². The molecule has 0 heterocycles. The van der Waals surface area contributed by atoms with Crippen molar-refractivity contribution in [3.63, 3.8) is 0 Å². The number of aryl methyl sites for hydroxylation is 1. The molecule has 1 rings (SSSR count). The Kier molecular flexibility index (Phi) is 3.37. The van der Waals surface area contributed by atoms with Gasteiger partial charge in [-0.05, 0) is 31.0 Å². The summed E-state index contributed by atoms with van der Waals surface area (Å²) in [7, 11) is 0. The molecular formula is C11H13ClO3. The number of hydrogen-bond donors (Lipinski definition) is 2. The van der Waals surface area contributed by atoms with Crippen LogP contribution in [-0.2, 0) is 11.2 Å². The summed E-state index contributed by atoms with van der Waals surface area (Å²) in [6, 6.07) is 5.24. The highest BCUT2D eigenvalue weighted by Crippen LogP contribution is 2.20. The summed E-state index contributed by atoms with van der Waals surface area (Å²) in [4.78, 5) is 10.7. The summed E-state index contributed by atoms with van der Waals surface area (Å²) in [6.07, 6.45) is 0.0440. The summed E-state index contributed by atoms with van der Waals surface area (Å²) >= 11 is 5.89. The molecule has 0 aliphatic heterocycles. The molecule has 0 fully saturated rings. The maximum absolute atomic E-state index is 10.7. The van der Waals surface area contributed by atoms with Gasteiger partial charge in [-0.25, -0.2) is 4.79 Å². The monoisotopic (exact) mass is 228 g/mol. The maximum atomic E-state index is 10.7. The third-order valence-corrected chi connectivity index (χ3v) is 2.65. The van der Waals surface area contributed by atoms with Crippen molar-refractivity contribution in [1.82, 2.24) is 0 Å². The predicted molar refractivity (Wildman–Crippen MR) is 58.2 cm³/mol. The molecule has 0 amide bonds. The van der Waals surface area contributed by atoms with Crippen LogP contribution in [0.4, 0.5) is 0 Å². The molecule has 0 aromatic heterocycles. The number of carboxylic acid groups (broad SMARTS) is 1. The van der Waals surface area contributed by atoms with Crippen LogP contribution in [0.15, 0.2) is 18.2 Å². The third-order valence-electron chi connectivity index (χ3n) is 2.25. The minimum atomic E-state index is -1.75. The van der Waals surface area contributed by atoms with Gasteiger partial charge in [0.15, 0.2) is 5.60 Å². The molecule has 1 aromatic rings. The summed E-state index contributed by atoms with van der Waals surface area (Å²) in [5, 5.41) is 18.9. The van der Waals surface area contributed by atoms with Crippen molar-refractivity contribution in [2.45, 2.75) is 25.9 Å². The molecule has 0 aliphatic carbocycles. The second-order valence-electron chi connectivity index (χ2n) is 3.84. The zero-order valence-electron chi connectivity index (χ0n) is 8.62. The van der Waals surface area contributed by atoms with Crippen molar-refractivity contribution >= 4 is 17.6 Å². The SMILES string of the molecule is Cc1ccc(C[C@@](C)(O)C(=O)O)cc1Cl. The molecule has 15 heavy (non-hydrogen) atoms. The Labute approximate surface area is 93.3 Å². The van der Waals surface area contributed by atoms with Gasteiger partial charge in [0.1, 0.15) is 0 Å². The molecule has 0 aliphatic rings. The first-order valence-electron chi connectivity index (χ1n) is 4.54. The minimum Gasteiger partial charge on any atom is -0.479 e. The van der Waals surface area contributed by atoms with Gasteiger partial charge >= 0.3 is 5.97 Å². The van der Waals surface area contributed by atoms with Gasteiger partial charge in [0.25, 0.3) is 0 Å². The van der Waals surface area contributed by atoms with Crippen LogP contribution < -0.4 is 0 Å². The molecule has 1 aromatic carbocycles. The lowest BCUT2D eigenvalue weighted by molar-refractivity contribution is -0.156. The van der Waals surface area contributed by atoms with E-state index in [1.807, 2.05) is 6.92 Å². The van der Waals surface area contributed by atoms with E-state index in [1.54, 1.807) is 18.2 Å². The van der Waals surface area contributed by atoms with E-state index < -0.39 is 11.6 Å². The van der Waals surface area contributed by atoms with Crippen LogP contribution in [0.3, 0.4) is 0 Å². The second kappa shape index (κ2) is 4.21. The molecule has 82 valence electrons. The molecule has 1 atom stereocenters. The number of benzene rings is 1. The van der Waals surface area contributed by atoms with Gasteiger partial charge < -0.3 is 10.2 Å². The van der Waals surface area contributed by atoms with Crippen molar-refractivity contribution in [1.29, 1.82) is 0 Å². The van der Waals surface area contributed by atoms with Gasteiger partial charge in [-0.1, -0.05) is 23.7 Å². The topological polar surface area (TPSA) is 57.5 Å². The fraction of sp³-hybridized carbons (Fsp3) is 0.364. The van der Waals surface area contributed by atoms with Crippen LogP contribution >= 0.6 is 11.6 Å². The van der Waals surface area contributed by atoms with Gasteiger partial charge in [-0.15, -0.1) is 0 Å². The molecule has 0 spiro atoms. The fourth-order valence-corrected chi connectivity index (χ4v) is 1.42. The maximum Gasteiger partial charge on any atom is 0.335 e. The highest BCUT2D eigenvalue weighted by Gasteiger charge is 2.29. The van der Waals surface area contributed by atoms with Gasteiger partial charge in [0.05, 0.1) is 0 Å². The Bertz CT molecular complexity index is 385. The van der Waals surface area contributed by atoms with Gasteiger partial charge in [-0.3, -0.25) is 0 Å². The quantitative estimate of drug-likeness (QED) is 0.832. The number of carboxylic acids is 1. The van der Waals surface area contributed by atoms with E-state index in [2.05, 4.69) is 0 Å². The summed E-state index contributed by atoms with van der Waals surface area (Å²) in [5.41, 5.74) is -0.119. The number of halogens is 1. The van der Waals surface area contributed by atoms with Crippen LogP contribution in [0.1, 0.15) is 18.1 Å². The number of aliphatic hydroxyl groups is 1. The molecule has 0 unspecified atom stereocenters. The number of rotatable bonds is 3. The molecule has 0 saturated heterocycles. The molecule has 0 saturated carbocycles. The molecule has 0 bridgehead atoms. The fourth-order valence-electron chi connectivity index (χ4n) is 1.22. The summed E-state index contributed by atoms with van der Waals surface area (Å²) < 4.78 is 0. The van der Waals surface area contributed by atoms with Gasteiger partial charge in [0.2, 0.25) is 0 Å². The molecule has 2 N–H and O–H groups in total. The van der Waals surface area contributed by atoms with E-state index in [1.165, 1.54) is 6.92 Å². The number of carbonyl (C=O) groups is 1. The average Bonchev–Trinajstić information content (AvgIpc) is 2.10. The second-order valence-corrected chi connectivity index (χ2v) is 4.25. The number of hydrogen-bond acceptors (Lipinski definition) is 2. The van der Waals surface area contributed by atoms with Crippen molar-refractivity contribution in [3.8, 4) is 0 Å². The third kappa shape index (κ3) is 2.94. The minimum absolute atomic E-state index is 0.0440. The average molecular weight is 229 g/mol. The Hall–Kier alpha value is -1.06. The Morgan fingerprint density at radius 3 is 2.60 bits per heavy atom. The van der Waals surface area contributed by atoms with E-state index in [9.17, 15) is 9.90 Å². The molecule has 3 nitrogen and oxygen atoms in total. The first-order valence-corrected chi connectivity index (χ1v) is 4.91. The normalized spacial score (nSPS) is 14.7. The van der Waals surface area contributed by atoms with Crippen LogP contribution in [0.25, 0.3) is 0 Å². The van der Waals surface area contributed by atoms with E-state index in [-0.39, 0.29) is 6.42 Å². The lowest BCUT2D eigenvalue weighted by atomic mass is 9.96.